The molecule has 38 heavy (non-hydrogen) atoms. The van der Waals surface area contributed by atoms with E-state index in [1.807, 2.05) is 0 Å². The van der Waals surface area contributed by atoms with E-state index < -0.39 is 38.0 Å². The van der Waals surface area contributed by atoms with Crippen molar-refractivity contribution in [3.8, 4) is 17.2 Å². The van der Waals surface area contributed by atoms with Crippen molar-refractivity contribution in [1.82, 2.24) is 5.43 Å². The van der Waals surface area contributed by atoms with Crippen molar-refractivity contribution >= 4 is 45.1 Å². The van der Waals surface area contributed by atoms with Gasteiger partial charge in [-0.15, -0.1) is 0 Å². The SMILES string of the molecule is COc1cc(/C=N\NC(=O)CN(c2cc(Cl)ccc2OC)S(=O)(=O)c2ccc(C)c([N+](=O)[O-])c2)ccc1O. The zero-order valence-corrected chi connectivity index (χ0v) is 22.0. The van der Waals surface area contributed by atoms with Gasteiger partial charge in [-0.3, -0.25) is 19.2 Å². The first-order chi connectivity index (χ1) is 18.0. The largest absolute Gasteiger partial charge is 0.504 e. The summed E-state index contributed by atoms with van der Waals surface area (Å²) in [6, 6.07) is 12.0. The zero-order chi connectivity index (χ0) is 28.0. The molecule has 0 saturated carbocycles. The molecular formula is C24H23ClN4O8S. The van der Waals surface area contributed by atoms with Crippen molar-refractivity contribution in [2.24, 2.45) is 5.10 Å². The summed E-state index contributed by atoms with van der Waals surface area (Å²) in [6.45, 7) is 0.707. The van der Waals surface area contributed by atoms with E-state index >= 15 is 0 Å². The van der Waals surface area contributed by atoms with Gasteiger partial charge in [0.1, 0.15) is 12.3 Å². The number of anilines is 1. The monoisotopic (exact) mass is 562 g/mol. The highest BCUT2D eigenvalue weighted by molar-refractivity contribution is 7.92. The molecule has 0 spiro atoms. The first kappa shape index (κ1) is 28.2. The Morgan fingerprint density at radius 1 is 1.13 bits per heavy atom. The number of phenols is 1. The van der Waals surface area contributed by atoms with E-state index in [0.29, 0.717) is 5.56 Å². The standard InChI is InChI=1S/C24H23ClN4O8S/c1-15-4-7-18(12-19(15)29(32)33)38(34,35)28(20-11-17(25)6-9-22(20)36-2)14-24(31)27-26-13-16-5-8-21(30)23(10-16)37-3/h4-13,30H,14H2,1-3H3,(H,27,31)/b26-13-. The number of nitro groups is 1. The van der Waals surface area contributed by atoms with Crippen LogP contribution in [0.1, 0.15) is 11.1 Å². The number of phenolic OH excluding ortho intramolecular Hbond substituents is 1. The van der Waals surface area contributed by atoms with Gasteiger partial charge in [0.15, 0.2) is 11.5 Å². The van der Waals surface area contributed by atoms with Gasteiger partial charge in [0.2, 0.25) is 0 Å². The average Bonchev–Trinajstić information content (AvgIpc) is 2.88. The Bertz CT molecular complexity index is 1510. The minimum atomic E-state index is -4.53. The van der Waals surface area contributed by atoms with Crippen LogP contribution in [0.15, 0.2) is 64.6 Å². The molecule has 0 heterocycles. The lowest BCUT2D eigenvalue weighted by molar-refractivity contribution is -0.385. The van der Waals surface area contributed by atoms with Gasteiger partial charge in [-0.05, 0) is 55.0 Å². The van der Waals surface area contributed by atoms with Gasteiger partial charge in [-0.2, -0.15) is 5.10 Å². The number of sulfonamides is 1. The van der Waals surface area contributed by atoms with Gasteiger partial charge in [-0.1, -0.05) is 17.7 Å². The Kier molecular flexibility index (Phi) is 8.76. The average molecular weight is 563 g/mol. The highest BCUT2D eigenvalue weighted by atomic mass is 35.5. The Hall–Kier alpha value is -4.36. The molecule has 0 aromatic heterocycles. The van der Waals surface area contributed by atoms with E-state index in [-0.39, 0.29) is 33.5 Å². The van der Waals surface area contributed by atoms with E-state index in [4.69, 9.17) is 21.1 Å². The van der Waals surface area contributed by atoms with Crippen molar-refractivity contribution in [3.05, 3.63) is 80.9 Å². The van der Waals surface area contributed by atoms with Crippen LogP contribution >= 0.6 is 11.6 Å². The maximum Gasteiger partial charge on any atom is 0.273 e. The molecule has 3 aromatic rings. The quantitative estimate of drug-likeness (QED) is 0.215. The predicted octanol–water partition coefficient (Wildman–Crippen LogP) is 3.63. The number of methoxy groups -OCH3 is 2. The lowest BCUT2D eigenvalue weighted by Crippen LogP contribution is -2.39. The lowest BCUT2D eigenvalue weighted by Gasteiger charge is -2.25. The molecule has 0 fully saturated rings. The second-order valence-corrected chi connectivity index (χ2v) is 10.1. The molecule has 12 nitrogen and oxygen atoms in total. The third-order valence-electron chi connectivity index (χ3n) is 5.27. The highest BCUT2D eigenvalue weighted by Crippen LogP contribution is 2.35. The fourth-order valence-electron chi connectivity index (χ4n) is 3.35. The Balaban J connectivity index is 1.98. The van der Waals surface area contributed by atoms with Crippen molar-refractivity contribution in [1.29, 1.82) is 0 Å². The second-order valence-electron chi connectivity index (χ2n) is 7.76. The number of hydrazone groups is 1. The highest BCUT2D eigenvalue weighted by Gasteiger charge is 2.31. The smallest absolute Gasteiger partial charge is 0.273 e. The van der Waals surface area contributed by atoms with E-state index in [9.17, 15) is 28.4 Å². The Labute approximate surface area is 223 Å². The maximum absolute atomic E-state index is 13.7. The number of hydrogen-bond acceptors (Lipinski definition) is 9. The Morgan fingerprint density at radius 3 is 2.50 bits per heavy atom. The molecule has 1 amide bonds. The number of benzene rings is 3. The van der Waals surface area contributed by atoms with Crippen molar-refractivity contribution in [2.45, 2.75) is 11.8 Å². The number of aromatic hydroxyl groups is 1. The van der Waals surface area contributed by atoms with Crippen LogP contribution in [0.25, 0.3) is 0 Å². The predicted molar refractivity (Wildman–Crippen MR) is 141 cm³/mol. The number of aryl methyl sites for hydroxylation is 1. The summed E-state index contributed by atoms with van der Waals surface area (Å²) >= 11 is 6.11. The number of halogens is 1. The zero-order valence-electron chi connectivity index (χ0n) is 20.4. The van der Waals surface area contributed by atoms with Gasteiger partial charge < -0.3 is 14.6 Å². The number of rotatable bonds is 10. The number of nitrogens with zero attached hydrogens (tertiary/aromatic N) is 3. The second kappa shape index (κ2) is 11.8. The summed E-state index contributed by atoms with van der Waals surface area (Å²) in [5.41, 5.74) is 2.51. The molecule has 0 saturated heterocycles. The summed E-state index contributed by atoms with van der Waals surface area (Å²) in [6.07, 6.45) is 1.27. The van der Waals surface area contributed by atoms with Gasteiger partial charge in [0.05, 0.1) is 35.9 Å². The van der Waals surface area contributed by atoms with E-state index in [0.717, 1.165) is 10.4 Å². The molecule has 0 aliphatic carbocycles. The molecule has 200 valence electrons. The fraction of sp³-hybridized carbons (Fsp3) is 0.167. The number of carbonyl (C=O) groups is 1. The van der Waals surface area contributed by atoms with Crippen LogP contribution in [-0.4, -0.2) is 51.3 Å². The first-order valence-corrected chi connectivity index (χ1v) is 12.6. The lowest BCUT2D eigenvalue weighted by atomic mass is 10.2. The molecular weight excluding hydrogens is 540 g/mol. The third-order valence-corrected chi connectivity index (χ3v) is 7.26. The van der Waals surface area contributed by atoms with Gasteiger partial charge in [-0.25, -0.2) is 13.8 Å². The molecule has 14 heteroatoms. The maximum atomic E-state index is 13.7. The van der Waals surface area contributed by atoms with Crippen LogP contribution < -0.4 is 19.2 Å². The van der Waals surface area contributed by atoms with Crippen LogP contribution in [0.2, 0.25) is 5.02 Å². The van der Waals surface area contributed by atoms with Crippen LogP contribution in [0.3, 0.4) is 0 Å². The number of ether oxygens (including phenoxy) is 2. The number of amides is 1. The minimum absolute atomic E-state index is 0.0642. The normalized spacial score (nSPS) is 11.3. The number of carbonyl (C=O) groups excluding carboxylic acids is 1. The van der Waals surface area contributed by atoms with Crippen molar-refractivity contribution < 1.29 is 32.7 Å². The summed E-state index contributed by atoms with van der Waals surface area (Å²) in [5.74, 6) is -0.634. The summed E-state index contributed by atoms with van der Waals surface area (Å²) in [5, 5.41) is 25.1. The number of hydrogen-bond donors (Lipinski definition) is 2. The van der Waals surface area contributed by atoms with Gasteiger partial charge >= 0.3 is 0 Å². The van der Waals surface area contributed by atoms with Crippen LogP contribution in [-0.2, 0) is 14.8 Å². The number of nitrogens with one attached hydrogen (secondary N) is 1. The topological polar surface area (TPSA) is 161 Å². The first-order valence-electron chi connectivity index (χ1n) is 10.8. The summed E-state index contributed by atoms with van der Waals surface area (Å²) < 4.78 is 38.4. The number of nitro benzene ring substituents is 1. The molecule has 0 aliphatic rings. The molecule has 3 aromatic carbocycles. The third kappa shape index (κ3) is 6.30. The van der Waals surface area contributed by atoms with E-state index in [1.54, 1.807) is 0 Å². The van der Waals surface area contributed by atoms with Crippen LogP contribution in [0.5, 0.6) is 17.2 Å². The molecule has 0 aliphatic heterocycles. The molecule has 2 N–H and O–H groups in total. The van der Waals surface area contributed by atoms with E-state index in [1.165, 1.54) is 75.9 Å². The van der Waals surface area contributed by atoms with Gasteiger partial charge in [0.25, 0.3) is 21.6 Å². The molecule has 0 unspecified atom stereocenters. The summed E-state index contributed by atoms with van der Waals surface area (Å²) in [7, 11) is -1.84. The molecule has 0 radical (unpaired) electrons. The van der Waals surface area contributed by atoms with E-state index in [2.05, 4.69) is 10.5 Å². The van der Waals surface area contributed by atoms with Crippen molar-refractivity contribution in [2.75, 3.05) is 25.1 Å². The van der Waals surface area contributed by atoms with Crippen LogP contribution in [0, 0.1) is 17.0 Å². The molecule has 0 atom stereocenters. The minimum Gasteiger partial charge on any atom is -0.504 e. The summed E-state index contributed by atoms with van der Waals surface area (Å²) in [4.78, 5) is 23.1. The van der Waals surface area contributed by atoms with Gasteiger partial charge in [0, 0.05) is 16.7 Å². The molecule has 3 rings (SSSR count). The molecule has 0 bridgehead atoms. The Morgan fingerprint density at radius 2 is 1.84 bits per heavy atom. The van der Waals surface area contributed by atoms with Crippen molar-refractivity contribution in [3.63, 3.8) is 0 Å². The fourth-order valence-corrected chi connectivity index (χ4v) is 4.96. The van der Waals surface area contributed by atoms with Crippen LogP contribution in [0.4, 0.5) is 11.4 Å².